The molecule has 1 aliphatic heterocycles. The molecule has 0 radical (unpaired) electrons. The second kappa shape index (κ2) is 9.12. The van der Waals surface area contributed by atoms with Crippen molar-refractivity contribution in [3.63, 3.8) is 0 Å². The Balaban J connectivity index is 1.45. The first kappa shape index (κ1) is 20.7. The molecular weight excluding hydrogens is 392 g/mol. The molecule has 32 heavy (non-hydrogen) atoms. The predicted octanol–water partition coefficient (Wildman–Crippen LogP) is 6.94. The number of benzene rings is 3. The van der Waals surface area contributed by atoms with Gasteiger partial charge in [0, 0.05) is 35.9 Å². The molecule has 3 atom stereocenters. The average molecular weight is 425 g/mol. The highest BCUT2D eigenvalue weighted by atomic mass is 16.5. The topological polar surface area (TPSA) is 24.5 Å². The van der Waals surface area contributed by atoms with Crippen LogP contribution in [-0.4, -0.2) is 13.1 Å². The lowest BCUT2D eigenvalue weighted by atomic mass is 9.76. The van der Waals surface area contributed by atoms with Crippen molar-refractivity contribution in [1.82, 2.24) is 0 Å². The number of nitrogens with zero attached hydrogens (tertiary/aromatic N) is 1. The molecule has 0 saturated carbocycles. The largest absolute Gasteiger partial charge is 0.489 e. The number of allylic oxidation sites excluding steroid dienone is 2. The van der Waals surface area contributed by atoms with Crippen molar-refractivity contribution in [2.24, 2.45) is 5.92 Å². The molecule has 1 N–H and O–H groups in total. The van der Waals surface area contributed by atoms with Gasteiger partial charge in [0.1, 0.15) is 12.4 Å². The van der Waals surface area contributed by atoms with Crippen LogP contribution in [0.1, 0.15) is 48.9 Å². The van der Waals surface area contributed by atoms with E-state index in [0.29, 0.717) is 18.4 Å². The average Bonchev–Trinajstić information content (AvgIpc) is 3.34. The van der Waals surface area contributed by atoms with E-state index in [0.717, 1.165) is 25.3 Å². The van der Waals surface area contributed by atoms with Crippen molar-refractivity contribution in [2.45, 2.75) is 38.8 Å². The summed E-state index contributed by atoms with van der Waals surface area (Å²) in [4.78, 5) is 2.42. The van der Waals surface area contributed by atoms with Gasteiger partial charge in [0.05, 0.1) is 6.04 Å². The Hall–Kier alpha value is -3.20. The van der Waals surface area contributed by atoms with Gasteiger partial charge >= 0.3 is 0 Å². The highest BCUT2D eigenvalue weighted by Gasteiger charge is 2.39. The highest BCUT2D eigenvalue weighted by molar-refractivity contribution is 5.66. The minimum absolute atomic E-state index is 0.230. The van der Waals surface area contributed by atoms with Gasteiger partial charge in [0.15, 0.2) is 0 Å². The Morgan fingerprint density at radius 1 is 0.906 bits per heavy atom. The van der Waals surface area contributed by atoms with Crippen molar-refractivity contribution in [1.29, 1.82) is 0 Å². The van der Waals surface area contributed by atoms with Gasteiger partial charge in [-0.2, -0.15) is 0 Å². The number of ether oxygens (including phenoxy) is 1. The molecule has 0 spiro atoms. The van der Waals surface area contributed by atoms with Gasteiger partial charge in [-0.3, -0.25) is 0 Å². The third kappa shape index (κ3) is 3.88. The summed E-state index contributed by atoms with van der Waals surface area (Å²) in [5.41, 5.74) is 6.43. The first-order valence-electron chi connectivity index (χ1n) is 11.9. The Bertz CT molecular complexity index is 1090. The van der Waals surface area contributed by atoms with Crippen LogP contribution in [0.2, 0.25) is 0 Å². The quantitative estimate of drug-likeness (QED) is 0.416. The van der Waals surface area contributed by atoms with Crippen LogP contribution in [0.25, 0.3) is 0 Å². The molecule has 3 nitrogen and oxygen atoms in total. The molecule has 3 heteroatoms. The number of fused-ring (bicyclic) bond motifs is 3. The maximum absolute atomic E-state index is 6.33. The molecule has 2 aliphatic rings. The lowest BCUT2D eigenvalue weighted by molar-refractivity contribution is 0.296. The zero-order chi connectivity index (χ0) is 21.9. The first-order valence-corrected chi connectivity index (χ1v) is 11.9. The molecule has 3 aromatic carbocycles. The summed E-state index contributed by atoms with van der Waals surface area (Å²) in [5, 5.41) is 3.89. The molecule has 3 unspecified atom stereocenters. The van der Waals surface area contributed by atoms with E-state index in [4.69, 9.17) is 4.74 Å². The van der Waals surface area contributed by atoms with Gasteiger partial charge in [0.2, 0.25) is 0 Å². The summed E-state index contributed by atoms with van der Waals surface area (Å²) in [6.45, 7) is 7.09. The molecule has 164 valence electrons. The van der Waals surface area contributed by atoms with E-state index in [9.17, 15) is 0 Å². The van der Waals surface area contributed by atoms with Gasteiger partial charge in [-0.05, 0) is 61.6 Å². The van der Waals surface area contributed by atoms with E-state index in [1.807, 2.05) is 6.07 Å². The van der Waals surface area contributed by atoms with Gasteiger partial charge < -0.3 is 15.0 Å². The van der Waals surface area contributed by atoms with Crippen molar-refractivity contribution in [2.75, 3.05) is 23.3 Å². The Morgan fingerprint density at radius 3 is 2.50 bits per heavy atom. The molecule has 0 aromatic heterocycles. The first-order chi connectivity index (χ1) is 15.8. The zero-order valence-corrected chi connectivity index (χ0v) is 19.0. The molecule has 0 saturated heterocycles. The molecule has 1 aliphatic carbocycles. The summed E-state index contributed by atoms with van der Waals surface area (Å²) in [7, 11) is 0. The maximum Gasteiger partial charge on any atom is 0.125 e. The fraction of sp³-hybridized carbons (Fsp3) is 0.310. The van der Waals surface area contributed by atoms with Crippen LogP contribution in [0, 0.1) is 5.92 Å². The molecule has 1 heterocycles. The summed E-state index contributed by atoms with van der Waals surface area (Å²) in [6.07, 6.45) is 5.86. The van der Waals surface area contributed by atoms with E-state index < -0.39 is 0 Å². The molecule has 0 amide bonds. The monoisotopic (exact) mass is 424 g/mol. The van der Waals surface area contributed by atoms with Crippen LogP contribution < -0.4 is 15.0 Å². The second-order valence-electron chi connectivity index (χ2n) is 8.73. The van der Waals surface area contributed by atoms with Crippen molar-refractivity contribution in [3.8, 4) is 5.75 Å². The molecule has 0 fully saturated rings. The van der Waals surface area contributed by atoms with Crippen LogP contribution in [0.3, 0.4) is 0 Å². The molecule has 0 bridgehead atoms. The maximum atomic E-state index is 6.33. The smallest absolute Gasteiger partial charge is 0.125 e. The number of anilines is 2. The summed E-state index contributed by atoms with van der Waals surface area (Å²) < 4.78 is 6.33. The lowest BCUT2D eigenvalue weighted by Gasteiger charge is -2.38. The van der Waals surface area contributed by atoms with Crippen LogP contribution >= 0.6 is 0 Å². The van der Waals surface area contributed by atoms with Gasteiger partial charge in [-0.1, -0.05) is 60.7 Å². The van der Waals surface area contributed by atoms with Gasteiger partial charge in [0.25, 0.3) is 0 Å². The number of nitrogens with one attached hydrogen (secondary N) is 1. The minimum atomic E-state index is 0.230. The fourth-order valence-electron chi connectivity index (χ4n) is 5.28. The molecule has 3 aromatic rings. The van der Waals surface area contributed by atoms with E-state index in [2.05, 4.69) is 103 Å². The van der Waals surface area contributed by atoms with Crippen molar-refractivity contribution >= 4 is 11.4 Å². The van der Waals surface area contributed by atoms with E-state index in [1.54, 1.807) is 0 Å². The fourth-order valence-corrected chi connectivity index (χ4v) is 5.28. The van der Waals surface area contributed by atoms with Crippen LogP contribution in [0.15, 0.2) is 84.9 Å². The predicted molar refractivity (Wildman–Crippen MR) is 134 cm³/mol. The molecule has 5 rings (SSSR count). The number of para-hydroxylation sites is 1. The Labute approximate surface area is 191 Å². The van der Waals surface area contributed by atoms with Crippen LogP contribution in [-0.2, 0) is 6.61 Å². The second-order valence-corrected chi connectivity index (χ2v) is 8.73. The van der Waals surface area contributed by atoms with E-state index >= 15 is 0 Å². The van der Waals surface area contributed by atoms with Crippen LogP contribution in [0.5, 0.6) is 5.75 Å². The van der Waals surface area contributed by atoms with E-state index in [1.165, 1.54) is 28.1 Å². The summed E-state index contributed by atoms with van der Waals surface area (Å²) >= 11 is 0. The standard InChI is InChI=1S/C29H32N2O/c1-3-31(4-2)22-17-18-27-26(19-22)23-14-10-15-24(23)29(30-27)25-13-8-9-16-28(25)32-20-21-11-6-5-7-12-21/h5-14,16-19,23-24,29-30H,3-4,15,20H2,1-2H3. The van der Waals surface area contributed by atoms with Gasteiger partial charge in [-0.15, -0.1) is 0 Å². The summed E-state index contributed by atoms with van der Waals surface area (Å²) in [5.74, 6) is 1.91. The SMILES string of the molecule is CCN(CC)c1ccc2c(c1)C1C=CCC1C(c1ccccc1OCc1ccccc1)N2. The number of rotatable bonds is 7. The van der Waals surface area contributed by atoms with Crippen molar-refractivity contribution in [3.05, 3.63) is 102 Å². The highest BCUT2D eigenvalue weighted by Crippen LogP contribution is 2.51. The van der Waals surface area contributed by atoms with E-state index in [-0.39, 0.29) is 6.04 Å². The van der Waals surface area contributed by atoms with Crippen LogP contribution in [0.4, 0.5) is 11.4 Å². The van der Waals surface area contributed by atoms with Gasteiger partial charge in [-0.25, -0.2) is 0 Å². The number of hydrogen-bond acceptors (Lipinski definition) is 3. The lowest BCUT2D eigenvalue weighted by Crippen LogP contribution is -2.30. The zero-order valence-electron chi connectivity index (χ0n) is 19.0. The normalized spacial score (nSPS) is 20.9. The third-order valence-electron chi connectivity index (χ3n) is 6.97. The number of hydrogen-bond donors (Lipinski definition) is 1. The summed E-state index contributed by atoms with van der Waals surface area (Å²) in [6, 6.07) is 26.1. The third-order valence-corrected chi connectivity index (χ3v) is 6.97. The minimum Gasteiger partial charge on any atom is -0.489 e. The Morgan fingerprint density at radius 2 is 1.69 bits per heavy atom. The Kier molecular flexibility index (Phi) is 5.89. The molecular formula is C29H32N2O. The van der Waals surface area contributed by atoms with Crippen molar-refractivity contribution < 1.29 is 4.74 Å².